The van der Waals surface area contributed by atoms with E-state index in [0.29, 0.717) is 6.04 Å². The first kappa shape index (κ1) is 13.9. The minimum atomic E-state index is -0.0814. The Labute approximate surface area is 89.1 Å². The summed E-state index contributed by atoms with van der Waals surface area (Å²) in [5, 5.41) is 12.9. The Balaban J connectivity index is 3.89. The summed E-state index contributed by atoms with van der Waals surface area (Å²) in [6.07, 6.45) is 5.87. The SMILES string of the molecule is CCCCC(C)NC(C)(CO)CCC. The van der Waals surface area contributed by atoms with Gasteiger partial charge in [0.25, 0.3) is 0 Å². The van der Waals surface area contributed by atoms with Crippen LogP contribution < -0.4 is 5.32 Å². The largest absolute Gasteiger partial charge is 0.394 e. The van der Waals surface area contributed by atoms with Gasteiger partial charge in [-0.05, 0) is 26.7 Å². The number of unbranched alkanes of at least 4 members (excludes halogenated alkanes) is 1. The monoisotopic (exact) mass is 201 g/mol. The van der Waals surface area contributed by atoms with Gasteiger partial charge in [-0.3, -0.25) is 0 Å². The summed E-state index contributed by atoms with van der Waals surface area (Å²) in [5.74, 6) is 0. The Morgan fingerprint density at radius 2 is 1.93 bits per heavy atom. The van der Waals surface area contributed by atoms with E-state index in [2.05, 4.69) is 33.0 Å². The van der Waals surface area contributed by atoms with Gasteiger partial charge >= 0.3 is 0 Å². The summed E-state index contributed by atoms with van der Waals surface area (Å²) < 4.78 is 0. The smallest absolute Gasteiger partial charge is 0.0610 e. The van der Waals surface area contributed by atoms with Gasteiger partial charge in [0.15, 0.2) is 0 Å². The maximum Gasteiger partial charge on any atom is 0.0610 e. The molecule has 0 rings (SSSR count). The highest BCUT2D eigenvalue weighted by Crippen LogP contribution is 2.14. The molecule has 0 saturated heterocycles. The average molecular weight is 201 g/mol. The summed E-state index contributed by atoms with van der Waals surface area (Å²) in [4.78, 5) is 0. The molecule has 0 aromatic heterocycles. The number of rotatable bonds is 8. The molecule has 2 N–H and O–H groups in total. The highest BCUT2D eigenvalue weighted by molar-refractivity contribution is 4.84. The van der Waals surface area contributed by atoms with Gasteiger partial charge in [-0.1, -0.05) is 33.1 Å². The van der Waals surface area contributed by atoms with Crippen molar-refractivity contribution in [3.8, 4) is 0 Å². The molecular weight excluding hydrogens is 174 g/mol. The first-order valence-electron chi connectivity index (χ1n) is 5.96. The number of hydrogen-bond donors (Lipinski definition) is 2. The van der Waals surface area contributed by atoms with Crippen molar-refractivity contribution in [2.45, 2.75) is 71.4 Å². The second kappa shape index (κ2) is 7.24. The Bertz CT molecular complexity index is 138. The molecule has 2 atom stereocenters. The van der Waals surface area contributed by atoms with Crippen molar-refractivity contribution < 1.29 is 5.11 Å². The maximum atomic E-state index is 9.33. The zero-order chi connectivity index (χ0) is 11.0. The first-order valence-corrected chi connectivity index (χ1v) is 5.96. The Hall–Kier alpha value is -0.0800. The Kier molecular flexibility index (Phi) is 7.20. The quantitative estimate of drug-likeness (QED) is 0.633. The number of aliphatic hydroxyl groups is 1. The van der Waals surface area contributed by atoms with E-state index in [9.17, 15) is 5.11 Å². The second-order valence-corrected chi connectivity index (χ2v) is 4.66. The fourth-order valence-corrected chi connectivity index (χ4v) is 1.93. The van der Waals surface area contributed by atoms with Crippen LogP contribution in [0.3, 0.4) is 0 Å². The van der Waals surface area contributed by atoms with Gasteiger partial charge < -0.3 is 10.4 Å². The van der Waals surface area contributed by atoms with Crippen LogP contribution in [-0.4, -0.2) is 23.3 Å². The number of aliphatic hydroxyl groups excluding tert-OH is 1. The lowest BCUT2D eigenvalue weighted by atomic mass is 9.95. The van der Waals surface area contributed by atoms with E-state index in [0.717, 1.165) is 12.8 Å². The predicted molar refractivity (Wildman–Crippen MR) is 62.5 cm³/mol. The van der Waals surface area contributed by atoms with Gasteiger partial charge in [-0.25, -0.2) is 0 Å². The van der Waals surface area contributed by atoms with Crippen molar-refractivity contribution in [2.24, 2.45) is 0 Å². The average Bonchev–Trinajstić information content (AvgIpc) is 2.15. The van der Waals surface area contributed by atoms with Crippen molar-refractivity contribution >= 4 is 0 Å². The molecule has 0 fully saturated rings. The van der Waals surface area contributed by atoms with Gasteiger partial charge in [0.05, 0.1) is 6.61 Å². The van der Waals surface area contributed by atoms with Gasteiger partial charge in [0.2, 0.25) is 0 Å². The topological polar surface area (TPSA) is 32.3 Å². The molecule has 14 heavy (non-hydrogen) atoms. The predicted octanol–water partition coefficient (Wildman–Crippen LogP) is 2.71. The van der Waals surface area contributed by atoms with E-state index in [-0.39, 0.29) is 12.1 Å². The second-order valence-electron chi connectivity index (χ2n) is 4.66. The Morgan fingerprint density at radius 3 is 2.36 bits per heavy atom. The molecule has 0 radical (unpaired) electrons. The fraction of sp³-hybridized carbons (Fsp3) is 1.00. The van der Waals surface area contributed by atoms with Crippen LogP contribution in [0.4, 0.5) is 0 Å². The molecule has 0 amide bonds. The minimum Gasteiger partial charge on any atom is -0.394 e. The molecule has 0 aliphatic heterocycles. The zero-order valence-corrected chi connectivity index (χ0v) is 10.3. The molecule has 0 aromatic carbocycles. The minimum absolute atomic E-state index is 0.0814. The molecule has 2 unspecified atom stereocenters. The molecule has 0 aliphatic carbocycles. The van der Waals surface area contributed by atoms with Gasteiger partial charge in [0, 0.05) is 11.6 Å². The van der Waals surface area contributed by atoms with Gasteiger partial charge in [0.1, 0.15) is 0 Å². The normalized spacial score (nSPS) is 17.8. The Morgan fingerprint density at radius 1 is 1.29 bits per heavy atom. The van der Waals surface area contributed by atoms with Crippen molar-refractivity contribution in [2.75, 3.05) is 6.61 Å². The zero-order valence-electron chi connectivity index (χ0n) is 10.3. The molecule has 86 valence electrons. The number of hydrogen-bond acceptors (Lipinski definition) is 2. The molecule has 0 aliphatic rings. The van der Waals surface area contributed by atoms with Crippen LogP contribution in [0.5, 0.6) is 0 Å². The lowest BCUT2D eigenvalue weighted by Crippen LogP contribution is -2.49. The third-order valence-electron chi connectivity index (χ3n) is 2.74. The third-order valence-corrected chi connectivity index (χ3v) is 2.74. The van der Waals surface area contributed by atoms with Gasteiger partial charge in [-0.2, -0.15) is 0 Å². The molecule has 0 spiro atoms. The molecule has 0 saturated carbocycles. The van der Waals surface area contributed by atoms with Crippen molar-refractivity contribution in [3.63, 3.8) is 0 Å². The third kappa shape index (κ3) is 5.61. The van der Waals surface area contributed by atoms with Crippen molar-refractivity contribution in [1.82, 2.24) is 5.32 Å². The fourth-order valence-electron chi connectivity index (χ4n) is 1.93. The van der Waals surface area contributed by atoms with E-state index in [1.165, 1.54) is 19.3 Å². The van der Waals surface area contributed by atoms with Crippen LogP contribution in [0.1, 0.15) is 59.8 Å². The van der Waals surface area contributed by atoms with E-state index in [1.807, 2.05) is 0 Å². The lowest BCUT2D eigenvalue weighted by Gasteiger charge is -2.32. The van der Waals surface area contributed by atoms with Crippen LogP contribution >= 0.6 is 0 Å². The van der Waals surface area contributed by atoms with E-state index < -0.39 is 0 Å². The standard InChI is InChI=1S/C12H27NO/c1-5-7-8-11(3)13-12(4,10-14)9-6-2/h11,13-14H,5-10H2,1-4H3. The molecule has 2 heteroatoms. The van der Waals surface area contributed by atoms with Crippen LogP contribution in [0.15, 0.2) is 0 Å². The van der Waals surface area contributed by atoms with Gasteiger partial charge in [-0.15, -0.1) is 0 Å². The van der Waals surface area contributed by atoms with Crippen LogP contribution in [-0.2, 0) is 0 Å². The van der Waals surface area contributed by atoms with E-state index in [4.69, 9.17) is 0 Å². The van der Waals surface area contributed by atoms with E-state index in [1.54, 1.807) is 0 Å². The summed E-state index contributed by atoms with van der Waals surface area (Å²) in [7, 11) is 0. The lowest BCUT2D eigenvalue weighted by molar-refractivity contribution is 0.151. The van der Waals surface area contributed by atoms with Crippen LogP contribution in [0, 0.1) is 0 Å². The molecule has 0 aromatic rings. The first-order chi connectivity index (χ1) is 6.58. The number of nitrogens with one attached hydrogen (secondary N) is 1. The van der Waals surface area contributed by atoms with Crippen molar-refractivity contribution in [3.05, 3.63) is 0 Å². The maximum absolute atomic E-state index is 9.33. The van der Waals surface area contributed by atoms with Crippen LogP contribution in [0.25, 0.3) is 0 Å². The summed E-state index contributed by atoms with van der Waals surface area (Å²) >= 11 is 0. The molecule has 0 heterocycles. The molecule has 0 bridgehead atoms. The van der Waals surface area contributed by atoms with E-state index >= 15 is 0 Å². The highest BCUT2D eigenvalue weighted by Gasteiger charge is 2.23. The summed E-state index contributed by atoms with van der Waals surface area (Å²) in [6, 6.07) is 0.513. The van der Waals surface area contributed by atoms with Crippen molar-refractivity contribution in [1.29, 1.82) is 0 Å². The summed E-state index contributed by atoms with van der Waals surface area (Å²) in [6.45, 7) is 8.92. The highest BCUT2D eigenvalue weighted by atomic mass is 16.3. The molecular formula is C12H27NO. The summed E-state index contributed by atoms with van der Waals surface area (Å²) in [5.41, 5.74) is -0.0814. The molecule has 2 nitrogen and oxygen atoms in total. The van der Waals surface area contributed by atoms with Crippen LogP contribution in [0.2, 0.25) is 0 Å².